The molecule has 7 aliphatic rings. The van der Waals surface area contributed by atoms with Crippen LogP contribution in [0, 0.1) is 79.8 Å². The van der Waals surface area contributed by atoms with Gasteiger partial charge in [-0.3, -0.25) is 19.2 Å². The van der Waals surface area contributed by atoms with Gasteiger partial charge in [-0.25, -0.2) is 0 Å². The van der Waals surface area contributed by atoms with Gasteiger partial charge >= 0.3 is 17.9 Å². The van der Waals surface area contributed by atoms with E-state index in [9.17, 15) is 24.6 Å². The van der Waals surface area contributed by atoms with Crippen LogP contribution in [0.25, 0.3) is 0 Å². The number of ether oxygens (including phenoxy) is 1. The number of carboxylic acids is 2. The molecule has 2 N–H and O–H groups in total. The molecule has 7 fully saturated rings. The molecule has 0 amide bonds. The van der Waals surface area contributed by atoms with E-state index < -0.39 is 23.3 Å². The molecule has 0 radical (unpaired) electrons. The van der Waals surface area contributed by atoms with E-state index in [1.54, 1.807) is 13.8 Å². The monoisotopic (exact) mass is 778 g/mol. The fourth-order valence-corrected chi connectivity index (χ4v) is 16.0. The van der Waals surface area contributed by atoms with Crippen molar-refractivity contribution in [2.45, 2.75) is 164 Å². The molecule has 1 saturated heterocycles. The topological polar surface area (TPSA) is 121 Å². The summed E-state index contributed by atoms with van der Waals surface area (Å²) < 4.78 is 6.20. The van der Waals surface area contributed by atoms with Crippen molar-refractivity contribution in [2.75, 3.05) is 19.6 Å². The van der Waals surface area contributed by atoms with Gasteiger partial charge < -0.3 is 19.8 Å². The highest BCUT2D eigenvalue weighted by Crippen LogP contribution is 2.78. The Morgan fingerprint density at radius 3 is 2.11 bits per heavy atom. The van der Waals surface area contributed by atoms with Gasteiger partial charge in [-0.2, -0.15) is 0 Å². The van der Waals surface area contributed by atoms with Crippen LogP contribution in [0.4, 0.5) is 0 Å². The zero-order chi connectivity index (χ0) is 40.8. The van der Waals surface area contributed by atoms with E-state index >= 15 is 4.79 Å². The number of Topliss-reactive ketones (excluding diaryl/α,β-unsaturated/α-hetero) is 1. The molecule has 6 aliphatic carbocycles. The average Bonchev–Trinajstić information content (AvgIpc) is 3.75. The maximum Gasteiger partial charge on any atom is 0.309 e. The summed E-state index contributed by atoms with van der Waals surface area (Å²) in [6.45, 7) is 25.2. The highest BCUT2D eigenvalue weighted by molar-refractivity contribution is 5.88. The van der Waals surface area contributed by atoms with Crippen LogP contribution in [0.15, 0.2) is 12.2 Å². The summed E-state index contributed by atoms with van der Waals surface area (Å²) in [6, 6.07) is 0. The van der Waals surface area contributed by atoms with Gasteiger partial charge in [-0.1, -0.05) is 46.8 Å². The molecule has 0 bridgehead atoms. The van der Waals surface area contributed by atoms with Crippen molar-refractivity contribution in [3.63, 3.8) is 0 Å². The maximum absolute atomic E-state index is 15.2. The number of hydrogen-bond donors (Lipinski definition) is 2. The number of carboxylic acid groups (broad SMARTS) is 2. The van der Waals surface area contributed by atoms with Crippen LogP contribution in [0.2, 0.25) is 0 Å². The molecule has 0 aromatic heterocycles. The summed E-state index contributed by atoms with van der Waals surface area (Å²) in [5.41, 5.74) is 0.0576. The van der Waals surface area contributed by atoms with Crippen LogP contribution in [0.5, 0.6) is 0 Å². The second-order valence-electron chi connectivity index (χ2n) is 22.7. The minimum Gasteiger partial charge on any atom is -0.481 e. The molecule has 8 nitrogen and oxygen atoms in total. The Balaban J connectivity index is 1.08. The van der Waals surface area contributed by atoms with Crippen LogP contribution >= 0.6 is 0 Å². The van der Waals surface area contributed by atoms with Crippen LogP contribution in [0.1, 0.15) is 158 Å². The molecular formula is C48H75NO7. The lowest BCUT2D eigenvalue weighted by Gasteiger charge is -2.73. The van der Waals surface area contributed by atoms with Gasteiger partial charge in [0.15, 0.2) is 0 Å². The number of nitrogens with zero attached hydrogens (tertiary/aromatic N) is 1. The van der Waals surface area contributed by atoms with Crippen LogP contribution in [-0.4, -0.2) is 64.5 Å². The number of likely N-dealkylation sites (tertiary alicyclic amines) is 1. The first kappa shape index (κ1) is 41.9. The number of aliphatic carboxylic acids is 2. The molecule has 1 heterocycles. The van der Waals surface area contributed by atoms with Gasteiger partial charge in [0.25, 0.3) is 0 Å². The Labute approximate surface area is 337 Å². The second kappa shape index (κ2) is 14.5. The van der Waals surface area contributed by atoms with Crippen LogP contribution < -0.4 is 0 Å². The summed E-state index contributed by atoms with van der Waals surface area (Å²) in [5.74, 6) is 1.25. The largest absolute Gasteiger partial charge is 0.481 e. The van der Waals surface area contributed by atoms with Crippen molar-refractivity contribution in [2.24, 2.45) is 79.8 Å². The van der Waals surface area contributed by atoms with Gasteiger partial charge in [0, 0.05) is 23.3 Å². The number of fused-ring (bicyclic) bond motifs is 7. The van der Waals surface area contributed by atoms with E-state index in [-0.39, 0.29) is 51.4 Å². The van der Waals surface area contributed by atoms with E-state index in [1.807, 2.05) is 0 Å². The Kier molecular flexibility index (Phi) is 10.9. The molecule has 1 unspecified atom stereocenters. The lowest BCUT2D eigenvalue weighted by atomic mass is 9.32. The maximum atomic E-state index is 15.2. The molecule has 0 aromatic carbocycles. The van der Waals surface area contributed by atoms with Crippen molar-refractivity contribution in [3.05, 3.63) is 12.2 Å². The molecule has 6 saturated carbocycles. The first-order valence-electron chi connectivity index (χ1n) is 22.7. The fraction of sp³-hybridized carbons (Fsp3) is 0.875. The Bertz CT molecular complexity index is 1590. The van der Waals surface area contributed by atoms with Gasteiger partial charge in [0.2, 0.25) is 0 Å². The average molecular weight is 778 g/mol. The lowest BCUT2D eigenvalue weighted by molar-refractivity contribution is -0.249. The Hall–Kier alpha value is -2.22. The predicted molar refractivity (Wildman–Crippen MR) is 218 cm³/mol. The summed E-state index contributed by atoms with van der Waals surface area (Å²) in [5, 5.41) is 19.1. The predicted octanol–water partition coefficient (Wildman–Crippen LogP) is 9.84. The minimum atomic E-state index is -1.15. The minimum absolute atomic E-state index is 0.114. The van der Waals surface area contributed by atoms with Crippen molar-refractivity contribution < 1.29 is 34.1 Å². The van der Waals surface area contributed by atoms with Crippen molar-refractivity contribution in [3.8, 4) is 0 Å². The molecule has 0 aromatic rings. The van der Waals surface area contributed by atoms with Gasteiger partial charge in [0.05, 0.1) is 17.8 Å². The zero-order valence-electron chi connectivity index (χ0n) is 36.2. The number of carbonyl (C=O) groups excluding carboxylic acids is 2. The number of ketones is 1. The van der Waals surface area contributed by atoms with Gasteiger partial charge in [0.1, 0.15) is 11.9 Å². The first-order valence-corrected chi connectivity index (χ1v) is 22.7. The van der Waals surface area contributed by atoms with Crippen LogP contribution in [-0.2, 0) is 23.9 Å². The second-order valence-corrected chi connectivity index (χ2v) is 22.7. The molecule has 0 spiro atoms. The number of rotatable bonds is 10. The quantitative estimate of drug-likeness (QED) is 0.166. The third-order valence-electron chi connectivity index (χ3n) is 19.3. The summed E-state index contributed by atoms with van der Waals surface area (Å²) in [4.78, 5) is 54.1. The van der Waals surface area contributed by atoms with E-state index in [2.05, 4.69) is 53.0 Å². The SMILES string of the molecule is C=C(C)[C@@H]1CC[C@]2(C(=O)[C@@H]3CCC(CN4CCC(C(=O)O)CC4)C3)CC[C@]3(C)[C@H](CC[C@@H]4[C@@]5(C)CC[C@H](OC(=O)CC(C)(C)C(=O)O)C(C)(C)[C@@H]5CC[C@]43C)[C@@H]12. The fourth-order valence-electron chi connectivity index (χ4n) is 16.0. The molecule has 56 heavy (non-hydrogen) atoms. The number of hydrogen-bond acceptors (Lipinski definition) is 6. The first-order chi connectivity index (χ1) is 26.1. The van der Waals surface area contributed by atoms with E-state index in [0.29, 0.717) is 41.3 Å². The number of allylic oxidation sites excluding steroid dienone is 1. The zero-order valence-corrected chi connectivity index (χ0v) is 36.2. The molecule has 314 valence electrons. The number of esters is 1. The third kappa shape index (κ3) is 6.55. The standard InChI is InChI=1S/C48H75NO7/c1-29(2)33-14-21-48(40(51)32-11-10-30(26-32)28-49-24-17-31(18-25-49)41(52)53)23-22-46(8)34(39(33)48)12-13-36-45(7)19-16-37(56-38(50)27-43(3,4)42(54)55)44(5,6)35(45)15-20-47(36,46)9/h30-37,39H,1,10-28H2,2-9H3,(H,52,53)(H,54,55)/t30?,32-,33+,34-,35+,36-,37+,39-,45+,46-,47-,48+/m1/s1. The summed E-state index contributed by atoms with van der Waals surface area (Å²) in [7, 11) is 0. The smallest absolute Gasteiger partial charge is 0.309 e. The molecule has 7 rings (SSSR count). The molecule has 12 atom stereocenters. The third-order valence-corrected chi connectivity index (χ3v) is 19.3. The summed E-state index contributed by atoms with van der Waals surface area (Å²) >= 11 is 0. The highest BCUT2D eigenvalue weighted by Gasteiger charge is 2.72. The molecule has 8 heteroatoms. The number of piperidine rings is 1. The van der Waals surface area contributed by atoms with Gasteiger partial charge in [-0.05, 0) is 182 Å². The van der Waals surface area contributed by atoms with E-state index in [0.717, 1.165) is 103 Å². The van der Waals surface area contributed by atoms with Crippen molar-refractivity contribution in [1.82, 2.24) is 4.90 Å². The Morgan fingerprint density at radius 1 is 0.768 bits per heavy atom. The van der Waals surface area contributed by atoms with Crippen LogP contribution in [0.3, 0.4) is 0 Å². The van der Waals surface area contributed by atoms with E-state index in [1.165, 1.54) is 18.4 Å². The highest BCUT2D eigenvalue weighted by atomic mass is 16.5. The van der Waals surface area contributed by atoms with Gasteiger partial charge in [-0.15, -0.1) is 0 Å². The Morgan fingerprint density at radius 2 is 1.46 bits per heavy atom. The van der Waals surface area contributed by atoms with E-state index in [4.69, 9.17) is 4.74 Å². The summed E-state index contributed by atoms with van der Waals surface area (Å²) in [6.07, 6.45) is 14.9. The lowest BCUT2D eigenvalue weighted by Crippen LogP contribution is -2.67. The van der Waals surface area contributed by atoms with Crippen molar-refractivity contribution in [1.29, 1.82) is 0 Å². The molecular weight excluding hydrogens is 703 g/mol. The number of carbonyl (C=O) groups is 4. The normalized spacial score (nSPS) is 43.8. The molecule has 1 aliphatic heterocycles. The van der Waals surface area contributed by atoms with Crippen molar-refractivity contribution >= 4 is 23.7 Å².